The van der Waals surface area contributed by atoms with Crippen LogP contribution in [-0.4, -0.2) is 20.4 Å². The number of hydrogen-bond donors (Lipinski definition) is 0. The number of halogens is 2. The van der Waals surface area contributed by atoms with Crippen LogP contribution in [0.3, 0.4) is 0 Å². The van der Waals surface area contributed by atoms with Gasteiger partial charge in [-0.1, -0.05) is 0 Å². The zero-order valence-corrected chi connectivity index (χ0v) is 14.8. The van der Waals surface area contributed by atoms with Crippen molar-refractivity contribution in [2.24, 2.45) is 0 Å². The largest absolute Gasteiger partial charge is 1.00 e. The molecule has 0 saturated heterocycles. The Hall–Kier alpha value is -0.00662. The van der Waals surface area contributed by atoms with E-state index in [1.807, 2.05) is 43.5 Å². The Morgan fingerprint density at radius 3 is 2.25 bits per heavy atom. The SMILES string of the molecule is CSc1ccc(N(C)C)c([N+]#N)c1.Cl.[Cl-].[Zn]. The normalized spacial score (nSPS) is 7.62. The Balaban J connectivity index is -0.000000563. The van der Waals surface area contributed by atoms with Gasteiger partial charge in [0.15, 0.2) is 4.98 Å². The Bertz CT molecular complexity index is 355. The first-order chi connectivity index (χ1) is 6.19. The molecule has 1 aromatic carbocycles. The minimum absolute atomic E-state index is 0. The van der Waals surface area contributed by atoms with Crippen molar-refractivity contribution in [2.75, 3.05) is 25.3 Å². The van der Waals surface area contributed by atoms with Gasteiger partial charge in [-0.2, -0.15) is 0 Å². The fraction of sp³-hybridized carbons (Fsp3) is 0.333. The second-order valence-electron chi connectivity index (χ2n) is 2.85. The van der Waals surface area contributed by atoms with Crippen LogP contribution in [-0.2, 0) is 19.5 Å². The van der Waals surface area contributed by atoms with Crippen molar-refractivity contribution in [1.82, 2.24) is 0 Å². The number of rotatable bonds is 2. The first-order valence-electron chi connectivity index (χ1n) is 3.89. The molecule has 0 spiro atoms. The van der Waals surface area contributed by atoms with Crippen LogP contribution in [0.4, 0.5) is 11.4 Å². The van der Waals surface area contributed by atoms with Crippen molar-refractivity contribution in [2.45, 2.75) is 4.90 Å². The summed E-state index contributed by atoms with van der Waals surface area (Å²) in [6.45, 7) is 0. The maximum absolute atomic E-state index is 8.78. The summed E-state index contributed by atoms with van der Waals surface area (Å²) in [5.41, 5.74) is 1.53. The first kappa shape index (κ1) is 21.3. The molecule has 0 atom stereocenters. The van der Waals surface area contributed by atoms with Crippen LogP contribution in [0.1, 0.15) is 0 Å². The molecule has 0 N–H and O–H groups in total. The maximum Gasteiger partial charge on any atom is 0.409 e. The van der Waals surface area contributed by atoms with Gasteiger partial charge in [-0.25, -0.2) is 0 Å². The number of hydrogen-bond acceptors (Lipinski definition) is 3. The van der Waals surface area contributed by atoms with E-state index in [1.54, 1.807) is 11.8 Å². The van der Waals surface area contributed by atoms with E-state index in [0.717, 1.165) is 10.6 Å². The third-order valence-corrected chi connectivity index (χ3v) is 2.50. The molecule has 0 heterocycles. The molecule has 1 rings (SSSR count). The Kier molecular flexibility index (Phi) is 13.5. The Morgan fingerprint density at radius 1 is 1.31 bits per heavy atom. The molecule has 0 saturated carbocycles. The Morgan fingerprint density at radius 2 is 1.88 bits per heavy atom. The molecule has 16 heavy (non-hydrogen) atoms. The van der Waals surface area contributed by atoms with E-state index >= 15 is 0 Å². The standard InChI is InChI=1S/C9H12N3S.2ClH.Zn/c1-12(2)9-5-4-7(13-3)6-8(9)11-10;;;/h4-6H,1-3H3;2*1H;/q+1;;;/p-1. The van der Waals surface area contributed by atoms with Crippen molar-refractivity contribution in [3.05, 3.63) is 23.2 Å². The van der Waals surface area contributed by atoms with Gasteiger partial charge in [0.05, 0.1) is 0 Å². The van der Waals surface area contributed by atoms with E-state index in [9.17, 15) is 0 Å². The first-order valence-corrected chi connectivity index (χ1v) is 5.12. The van der Waals surface area contributed by atoms with Crippen molar-refractivity contribution in [3.63, 3.8) is 0 Å². The molecule has 86 valence electrons. The molecule has 0 aliphatic carbocycles. The maximum atomic E-state index is 8.78. The van der Waals surface area contributed by atoms with Gasteiger partial charge in [-0.3, -0.25) is 0 Å². The second-order valence-corrected chi connectivity index (χ2v) is 3.73. The molecule has 7 heteroatoms. The molecule has 3 nitrogen and oxygen atoms in total. The van der Waals surface area contributed by atoms with Crippen LogP contribution >= 0.6 is 24.2 Å². The summed E-state index contributed by atoms with van der Waals surface area (Å²) < 4.78 is 0. The molecule has 0 radical (unpaired) electrons. The van der Waals surface area contributed by atoms with Gasteiger partial charge in [-0.15, -0.1) is 24.2 Å². The molecular weight excluding hydrogens is 318 g/mol. The zero-order valence-electron chi connectivity index (χ0n) is 9.48. The van der Waals surface area contributed by atoms with E-state index in [-0.39, 0.29) is 44.3 Å². The molecule has 0 amide bonds. The quantitative estimate of drug-likeness (QED) is 0.446. The van der Waals surface area contributed by atoms with Crippen molar-refractivity contribution in [3.8, 4) is 0 Å². The number of anilines is 1. The van der Waals surface area contributed by atoms with Crippen LogP contribution in [0.15, 0.2) is 23.1 Å². The molecule has 0 aromatic heterocycles. The fourth-order valence-electron chi connectivity index (χ4n) is 1.09. The number of nitrogens with zero attached hydrogens (tertiary/aromatic N) is 3. The third kappa shape index (κ3) is 5.36. The number of benzene rings is 1. The van der Waals surface area contributed by atoms with Crippen LogP contribution in [0.25, 0.3) is 4.98 Å². The van der Waals surface area contributed by atoms with Crippen LogP contribution in [0, 0.1) is 5.39 Å². The minimum atomic E-state index is 0. The predicted octanol–water partition coefficient (Wildman–Crippen LogP) is 0.382. The van der Waals surface area contributed by atoms with Crippen molar-refractivity contribution >= 4 is 35.5 Å². The summed E-state index contributed by atoms with van der Waals surface area (Å²) in [4.78, 5) is 6.26. The van der Waals surface area contributed by atoms with Crippen molar-refractivity contribution in [1.29, 1.82) is 5.39 Å². The van der Waals surface area contributed by atoms with E-state index in [1.165, 1.54) is 0 Å². The summed E-state index contributed by atoms with van der Waals surface area (Å²) >= 11 is 1.63. The van der Waals surface area contributed by atoms with Gasteiger partial charge in [0.25, 0.3) is 0 Å². The molecule has 0 aliphatic rings. The molecular formula is C9H13Cl2N3SZn. The average Bonchev–Trinajstić information content (AvgIpc) is 2.16. The van der Waals surface area contributed by atoms with E-state index in [4.69, 9.17) is 5.39 Å². The predicted molar refractivity (Wildman–Crippen MR) is 64.5 cm³/mol. The molecule has 0 fully saturated rings. The summed E-state index contributed by atoms with van der Waals surface area (Å²) in [5.74, 6) is 0. The molecule has 0 bridgehead atoms. The summed E-state index contributed by atoms with van der Waals surface area (Å²) in [5, 5.41) is 8.78. The van der Waals surface area contributed by atoms with E-state index in [2.05, 4.69) is 4.98 Å². The monoisotopic (exact) mass is 329 g/mol. The van der Waals surface area contributed by atoms with E-state index < -0.39 is 0 Å². The van der Waals surface area contributed by atoms with Gasteiger partial charge in [0.2, 0.25) is 5.39 Å². The van der Waals surface area contributed by atoms with Gasteiger partial charge in [-0.05, 0) is 18.4 Å². The van der Waals surface area contributed by atoms with Crippen molar-refractivity contribution < 1.29 is 31.9 Å². The fourth-order valence-corrected chi connectivity index (χ4v) is 1.52. The molecule has 0 aliphatic heterocycles. The van der Waals surface area contributed by atoms with Crippen LogP contribution in [0.5, 0.6) is 0 Å². The summed E-state index contributed by atoms with van der Waals surface area (Å²) in [6, 6.07) is 5.82. The molecule has 0 unspecified atom stereocenters. The van der Waals surface area contributed by atoms with Crippen LogP contribution in [0.2, 0.25) is 0 Å². The second kappa shape index (κ2) is 10.2. The smallest absolute Gasteiger partial charge is 0.409 e. The number of diazo groups is 1. The summed E-state index contributed by atoms with van der Waals surface area (Å²) in [7, 11) is 3.84. The third-order valence-electron chi connectivity index (χ3n) is 1.77. The number of thioether (sulfide) groups is 1. The zero-order chi connectivity index (χ0) is 9.84. The van der Waals surface area contributed by atoms with Gasteiger partial charge < -0.3 is 17.3 Å². The van der Waals surface area contributed by atoms with Gasteiger partial charge >= 0.3 is 5.69 Å². The minimum Gasteiger partial charge on any atom is -1.00 e. The van der Waals surface area contributed by atoms with E-state index in [0.29, 0.717) is 5.69 Å². The average molecular weight is 332 g/mol. The summed E-state index contributed by atoms with van der Waals surface area (Å²) in [6.07, 6.45) is 1.99. The topological polar surface area (TPSA) is 31.4 Å². The van der Waals surface area contributed by atoms with Gasteiger partial charge in [0.1, 0.15) is 5.69 Å². The Labute approximate surface area is 126 Å². The molecule has 1 aromatic rings. The van der Waals surface area contributed by atoms with Gasteiger partial charge in [0, 0.05) is 44.5 Å². The van der Waals surface area contributed by atoms with Crippen LogP contribution < -0.4 is 17.3 Å².